The molecule has 140 valence electrons. The number of hydrogen-bond donors (Lipinski definition) is 1. The van der Waals surface area contributed by atoms with Crippen molar-refractivity contribution in [2.45, 2.75) is 6.54 Å². The lowest BCUT2D eigenvalue weighted by molar-refractivity contribution is -0.384. The topological polar surface area (TPSA) is 103 Å². The number of imidazole rings is 1. The Morgan fingerprint density at radius 3 is 2.68 bits per heavy atom. The summed E-state index contributed by atoms with van der Waals surface area (Å²) in [6, 6.07) is 17.0. The molecule has 0 radical (unpaired) electrons. The number of carbonyl (C=O) groups is 1. The average Bonchev–Trinajstić information content (AvgIpc) is 3.32. The lowest BCUT2D eigenvalue weighted by Crippen LogP contribution is -2.23. The van der Waals surface area contributed by atoms with E-state index in [1.807, 2.05) is 35.9 Å². The van der Waals surface area contributed by atoms with E-state index in [4.69, 9.17) is 4.42 Å². The van der Waals surface area contributed by atoms with E-state index in [1.54, 1.807) is 24.3 Å². The number of rotatable bonds is 5. The Balaban J connectivity index is 1.52. The fourth-order valence-electron chi connectivity index (χ4n) is 3.05. The number of carbonyl (C=O) groups excluding carboxylic acids is 1. The Kier molecular flexibility index (Phi) is 4.36. The Morgan fingerprint density at radius 2 is 1.89 bits per heavy atom. The summed E-state index contributed by atoms with van der Waals surface area (Å²) < 4.78 is 7.47. The number of nitrogens with one attached hydrogen (secondary N) is 1. The number of hydrogen-bond acceptors (Lipinski definition) is 5. The van der Waals surface area contributed by atoms with Gasteiger partial charge in [-0.3, -0.25) is 14.9 Å². The molecule has 0 aliphatic rings. The molecule has 0 atom stereocenters. The van der Waals surface area contributed by atoms with E-state index < -0.39 is 10.8 Å². The van der Waals surface area contributed by atoms with Gasteiger partial charge in [0.1, 0.15) is 11.6 Å². The first-order valence-corrected chi connectivity index (χ1v) is 8.57. The summed E-state index contributed by atoms with van der Waals surface area (Å²) in [5, 5.41) is 13.9. The van der Waals surface area contributed by atoms with Crippen LogP contribution in [0.15, 0.2) is 65.1 Å². The SMILES string of the molecule is Cn1c(CNC(=O)c2ccc(-c3ccccc3[N+](=O)[O-])o2)nc2ccccc21. The highest BCUT2D eigenvalue weighted by atomic mass is 16.6. The molecule has 1 N–H and O–H groups in total. The molecule has 2 aromatic carbocycles. The maximum Gasteiger partial charge on any atom is 0.287 e. The summed E-state index contributed by atoms with van der Waals surface area (Å²) in [5.74, 6) is 0.629. The third kappa shape index (κ3) is 3.11. The molecule has 8 nitrogen and oxygen atoms in total. The van der Waals surface area contributed by atoms with E-state index in [1.165, 1.54) is 12.1 Å². The Hall–Kier alpha value is -3.94. The van der Waals surface area contributed by atoms with Gasteiger partial charge >= 0.3 is 0 Å². The number of nitro benzene ring substituents is 1. The van der Waals surface area contributed by atoms with Crippen molar-refractivity contribution in [1.29, 1.82) is 0 Å². The molecular formula is C20H16N4O4. The molecule has 0 aliphatic carbocycles. The minimum absolute atomic E-state index is 0.0758. The lowest BCUT2D eigenvalue weighted by Gasteiger charge is -2.04. The zero-order valence-electron chi connectivity index (χ0n) is 15.0. The second kappa shape index (κ2) is 6.99. The molecule has 8 heteroatoms. The first-order chi connectivity index (χ1) is 13.5. The van der Waals surface area contributed by atoms with Crippen LogP contribution in [0.4, 0.5) is 5.69 Å². The highest BCUT2D eigenvalue weighted by Gasteiger charge is 2.19. The number of furan rings is 1. The Bertz CT molecular complexity index is 1190. The molecule has 2 aromatic heterocycles. The van der Waals surface area contributed by atoms with E-state index in [0.717, 1.165) is 11.0 Å². The van der Waals surface area contributed by atoms with Gasteiger partial charge in [0, 0.05) is 13.1 Å². The van der Waals surface area contributed by atoms with Crippen LogP contribution in [0, 0.1) is 10.1 Å². The van der Waals surface area contributed by atoms with Crippen LogP contribution in [0.2, 0.25) is 0 Å². The van der Waals surface area contributed by atoms with Gasteiger partial charge in [0.2, 0.25) is 0 Å². The number of amides is 1. The molecule has 1 amide bonds. The van der Waals surface area contributed by atoms with Crippen molar-refractivity contribution in [3.8, 4) is 11.3 Å². The number of benzene rings is 2. The van der Waals surface area contributed by atoms with E-state index in [0.29, 0.717) is 11.4 Å². The van der Waals surface area contributed by atoms with Crippen molar-refractivity contribution in [3.63, 3.8) is 0 Å². The van der Waals surface area contributed by atoms with Gasteiger partial charge in [0.05, 0.1) is 28.1 Å². The van der Waals surface area contributed by atoms with E-state index >= 15 is 0 Å². The number of aryl methyl sites for hydroxylation is 1. The predicted molar refractivity (Wildman–Crippen MR) is 103 cm³/mol. The quantitative estimate of drug-likeness (QED) is 0.423. The maximum atomic E-state index is 12.4. The molecule has 0 unspecified atom stereocenters. The summed E-state index contributed by atoms with van der Waals surface area (Å²) in [6.07, 6.45) is 0. The lowest BCUT2D eigenvalue weighted by atomic mass is 10.1. The van der Waals surface area contributed by atoms with Crippen LogP contribution in [-0.2, 0) is 13.6 Å². The molecule has 0 saturated carbocycles. The highest BCUT2D eigenvalue weighted by molar-refractivity contribution is 5.92. The fourth-order valence-corrected chi connectivity index (χ4v) is 3.05. The van der Waals surface area contributed by atoms with Crippen LogP contribution in [-0.4, -0.2) is 20.4 Å². The smallest absolute Gasteiger partial charge is 0.287 e. The van der Waals surface area contributed by atoms with Crippen LogP contribution >= 0.6 is 0 Å². The fraction of sp³-hybridized carbons (Fsp3) is 0.100. The van der Waals surface area contributed by atoms with Crippen molar-refractivity contribution in [2.75, 3.05) is 0 Å². The van der Waals surface area contributed by atoms with Crippen LogP contribution in [0.5, 0.6) is 0 Å². The number of aromatic nitrogens is 2. The monoisotopic (exact) mass is 376 g/mol. The molecule has 2 heterocycles. The van der Waals surface area contributed by atoms with Crippen molar-refractivity contribution in [1.82, 2.24) is 14.9 Å². The van der Waals surface area contributed by atoms with Crippen LogP contribution in [0.25, 0.3) is 22.4 Å². The standard InChI is InChI=1S/C20H16N4O4/c1-23-16-9-5-3-7-14(16)22-19(23)12-21-20(25)18-11-10-17(28-18)13-6-2-4-8-15(13)24(26)27/h2-11H,12H2,1H3,(H,21,25). The number of nitrogens with zero attached hydrogens (tertiary/aromatic N) is 3. The molecule has 4 aromatic rings. The largest absolute Gasteiger partial charge is 0.451 e. The molecule has 4 rings (SSSR count). The van der Waals surface area contributed by atoms with Gasteiger partial charge < -0.3 is 14.3 Å². The van der Waals surface area contributed by atoms with E-state index in [9.17, 15) is 14.9 Å². The minimum Gasteiger partial charge on any atom is -0.451 e. The third-order valence-electron chi connectivity index (χ3n) is 4.48. The maximum absolute atomic E-state index is 12.4. The molecule has 28 heavy (non-hydrogen) atoms. The number of fused-ring (bicyclic) bond motifs is 1. The van der Waals surface area contributed by atoms with Crippen LogP contribution in [0.3, 0.4) is 0 Å². The van der Waals surface area contributed by atoms with Gasteiger partial charge in [-0.05, 0) is 30.3 Å². The first kappa shape index (κ1) is 17.5. The Labute approximate surface area is 159 Å². The van der Waals surface area contributed by atoms with Gasteiger partial charge in [-0.2, -0.15) is 0 Å². The second-order valence-electron chi connectivity index (χ2n) is 6.20. The van der Waals surface area contributed by atoms with Gasteiger partial charge in [0.25, 0.3) is 11.6 Å². The summed E-state index contributed by atoms with van der Waals surface area (Å²) in [4.78, 5) is 27.6. The zero-order chi connectivity index (χ0) is 19.7. The third-order valence-corrected chi connectivity index (χ3v) is 4.48. The molecule has 0 saturated heterocycles. The molecule has 0 aliphatic heterocycles. The van der Waals surface area contributed by atoms with Gasteiger partial charge in [-0.15, -0.1) is 0 Å². The van der Waals surface area contributed by atoms with Crippen molar-refractivity contribution in [3.05, 3.63) is 82.4 Å². The first-order valence-electron chi connectivity index (χ1n) is 8.57. The molecule has 0 fully saturated rings. The summed E-state index contributed by atoms with van der Waals surface area (Å²) in [6.45, 7) is 0.228. The normalized spacial score (nSPS) is 10.9. The van der Waals surface area contributed by atoms with Crippen molar-refractivity contribution < 1.29 is 14.1 Å². The Morgan fingerprint density at radius 1 is 1.14 bits per heavy atom. The predicted octanol–water partition coefficient (Wildman–Crippen LogP) is 3.67. The number of para-hydroxylation sites is 3. The molecule has 0 bridgehead atoms. The second-order valence-corrected chi connectivity index (χ2v) is 6.20. The van der Waals surface area contributed by atoms with Crippen LogP contribution < -0.4 is 5.32 Å². The van der Waals surface area contributed by atoms with E-state index in [-0.39, 0.29) is 23.8 Å². The van der Waals surface area contributed by atoms with Crippen LogP contribution in [0.1, 0.15) is 16.4 Å². The highest BCUT2D eigenvalue weighted by Crippen LogP contribution is 2.30. The van der Waals surface area contributed by atoms with Crippen molar-refractivity contribution in [2.24, 2.45) is 7.05 Å². The minimum atomic E-state index is -0.483. The summed E-state index contributed by atoms with van der Waals surface area (Å²) in [5.41, 5.74) is 2.07. The van der Waals surface area contributed by atoms with Gasteiger partial charge in [-0.25, -0.2) is 4.98 Å². The molecule has 0 spiro atoms. The van der Waals surface area contributed by atoms with Crippen molar-refractivity contribution >= 4 is 22.6 Å². The average molecular weight is 376 g/mol. The van der Waals surface area contributed by atoms with Gasteiger partial charge in [0.15, 0.2) is 5.76 Å². The number of nitro groups is 1. The summed E-state index contributed by atoms with van der Waals surface area (Å²) in [7, 11) is 1.89. The molecular weight excluding hydrogens is 360 g/mol. The summed E-state index contributed by atoms with van der Waals surface area (Å²) >= 11 is 0. The van der Waals surface area contributed by atoms with Gasteiger partial charge in [-0.1, -0.05) is 24.3 Å². The van der Waals surface area contributed by atoms with E-state index in [2.05, 4.69) is 10.3 Å². The zero-order valence-corrected chi connectivity index (χ0v) is 15.0.